The number of nitrogens with zero attached hydrogens (tertiary/aromatic N) is 3. The van der Waals surface area contributed by atoms with Crippen molar-refractivity contribution in [1.29, 1.82) is 5.26 Å². The van der Waals surface area contributed by atoms with E-state index in [0.717, 1.165) is 43.7 Å². The number of nitriles is 1. The van der Waals surface area contributed by atoms with Gasteiger partial charge in [-0.15, -0.1) is 0 Å². The lowest BCUT2D eigenvalue weighted by atomic mass is 9.75. The van der Waals surface area contributed by atoms with Gasteiger partial charge in [0.2, 0.25) is 11.8 Å². The van der Waals surface area contributed by atoms with Crippen LogP contribution in [0.3, 0.4) is 0 Å². The Hall–Kier alpha value is -3.44. The fraction of sp³-hybridized carbons (Fsp3) is 0.440. The van der Waals surface area contributed by atoms with E-state index >= 15 is 0 Å². The van der Waals surface area contributed by atoms with Crippen LogP contribution >= 0.6 is 0 Å². The normalized spacial score (nSPS) is 22.8. The largest absolute Gasteiger partial charge is 0.381 e. The Labute approximate surface area is 193 Å². The molecule has 2 aromatic rings. The molecule has 8 nitrogen and oxygen atoms in total. The molecule has 0 radical (unpaired) electrons. The molecule has 0 unspecified atom stereocenters. The maximum Gasteiger partial charge on any atom is 0.248 e. The van der Waals surface area contributed by atoms with Gasteiger partial charge in [0.05, 0.1) is 11.6 Å². The molecular formula is C25H29N5O3. The number of ether oxygens (including phenoxy) is 1. The number of hydrogen-bond acceptors (Lipinski definition) is 6. The third kappa shape index (κ3) is 4.69. The zero-order chi connectivity index (χ0) is 23.5. The molecule has 0 aliphatic carbocycles. The average molecular weight is 448 g/mol. The quantitative estimate of drug-likeness (QED) is 0.725. The second kappa shape index (κ2) is 9.59. The molecule has 8 heteroatoms. The molecule has 0 spiro atoms. The number of anilines is 2. The molecule has 2 aliphatic rings. The summed E-state index contributed by atoms with van der Waals surface area (Å²) in [5.74, 6) is 0.642. The Morgan fingerprint density at radius 2 is 2.03 bits per heavy atom. The van der Waals surface area contributed by atoms with E-state index in [2.05, 4.69) is 23.3 Å². The first kappa shape index (κ1) is 22.7. The van der Waals surface area contributed by atoms with Gasteiger partial charge in [-0.3, -0.25) is 9.59 Å². The monoisotopic (exact) mass is 447 g/mol. The van der Waals surface area contributed by atoms with Gasteiger partial charge in [-0.2, -0.15) is 5.26 Å². The van der Waals surface area contributed by atoms with Gasteiger partial charge in [0.25, 0.3) is 0 Å². The van der Waals surface area contributed by atoms with Crippen LogP contribution in [-0.2, 0) is 9.53 Å². The summed E-state index contributed by atoms with van der Waals surface area (Å²) in [5.41, 5.74) is 8.09. The van der Waals surface area contributed by atoms with E-state index in [1.54, 1.807) is 37.3 Å². The number of carbonyl (C=O) groups excluding carboxylic acids is 2. The number of benzene rings is 1. The van der Waals surface area contributed by atoms with Crippen LogP contribution in [-0.4, -0.2) is 36.1 Å². The Morgan fingerprint density at radius 1 is 1.27 bits per heavy atom. The van der Waals surface area contributed by atoms with Crippen molar-refractivity contribution in [2.45, 2.75) is 45.2 Å². The van der Waals surface area contributed by atoms with E-state index in [9.17, 15) is 9.59 Å². The summed E-state index contributed by atoms with van der Waals surface area (Å²) in [7, 11) is 0. The number of amides is 2. The lowest BCUT2D eigenvalue weighted by Gasteiger charge is -2.46. The summed E-state index contributed by atoms with van der Waals surface area (Å²) in [5, 5.41) is 12.6. The fourth-order valence-corrected chi connectivity index (χ4v) is 5.14. The Morgan fingerprint density at radius 3 is 2.64 bits per heavy atom. The molecule has 2 amide bonds. The van der Waals surface area contributed by atoms with Gasteiger partial charge in [-0.05, 0) is 68.0 Å². The van der Waals surface area contributed by atoms with Gasteiger partial charge in [-0.25, -0.2) is 4.98 Å². The average Bonchev–Trinajstić information content (AvgIpc) is 2.82. The molecule has 4 rings (SSSR count). The van der Waals surface area contributed by atoms with Crippen molar-refractivity contribution in [3.8, 4) is 6.07 Å². The SMILES string of the molecule is CC(=O)N1c2ccc(C(N)=O)cc2[C@H](Nc2ccc(C#N)cn2)[C@@H](CC2CCOCC2)[C@@H]1C. The molecule has 2 aliphatic heterocycles. The van der Waals surface area contributed by atoms with Crippen molar-refractivity contribution < 1.29 is 14.3 Å². The van der Waals surface area contributed by atoms with Crippen molar-refractivity contribution >= 4 is 23.3 Å². The molecule has 1 aromatic heterocycles. The summed E-state index contributed by atoms with van der Waals surface area (Å²) >= 11 is 0. The smallest absolute Gasteiger partial charge is 0.248 e. The lowest BCUT2D eigenvalue weighted by molar-refractivity contribution is -0.117. The predicted molar refractivity (Wildman–Crippen MR) is 125 cm³/mol. The summed E-state index contributed by atoms with van der Waals surface area (Å²) < 4.78 is 5.55. The van der Waals surface area contributed by atoms with Crippen LogP contribution in [0.5, 0.6) is 0 Å². The van der Waals surface area contributed by atoms with Crippen molar-refractivity contribution in [2.75, 3.05) is 23.4 Å². The Bertz CT molecular complexity index is 1070. The van der Waals surface area contributed by atoms with Crippen molar-refractivity contribution in [3.05, 3.63) is 53.2 Å². The molecule has 1 aromatic carbocycles. The third-order valence-electron chi connectivity index (χ3n) is 6.84. The van der Waals surface area contributed by atoms with Crippen molar-refractivity contribution in [2.24, 2.45) is 17.6 Å². The summed E-state index contributed by atoms with van der Waals surface area (Å²) in [6.45, 7) is 5.15. The maximum absolute atomic E-state index is 12.7. The van der Waals surface area contributed by atoms with Gasteiger partial charge >= 0.3 is 0 Å². The fourth-order valence-electron chi connectivity index (χ4n) is 5.14. The first-order valence-corrected chi connectivity index (χ1v) is 11.3. The molecule has 1 fully saturated rings. The number of hydrogen-bond donors (Lipinski definition) is 2. The van der Waals surface area contributed by atoms with Crippen LogP contribution in [0.25, 0.3) is 0 Å². The molecule has 3 atom stereocenters. The number of pyridine rings is 1. The highest BCUT2D eigenvalue weighted by atomic mass is 16.5. The minimum absolute atomic E-state index is 0.0394. The summed E-state index contributed by atoms with van der Waals surface area (Å²) in [6, 6.07) is 10.6. The van der Waals surface area contributed by atoms with Gasteiger partial charge in [-0.1, -0.05) is 0 Å². The number of aromatic nitrogens is 1. The zero-order valence-corrected chi connectivity index (χ0v) is 19.0. The van der Waals surface area contributed by atoms with E-state index in [-0.39, 0.29) is 23.9 Å². The van der Waals surface area contributed by atoms with Gasteiger partial charge < -0.3 is 20.7 Å². The highest BCUT2D eigenvalue weighted by Gasteiger charge is 2.42. The zero-order valence-electron chi connectivity index (χ0n) is 19.0. The number of carbonyl (C=O) groups is 2. The number of rotatable bonds is 5. The first-order chi connectivity index (χ1) is 15.9. The van der Waals surface area contributed by atoms with Gasteiger partial charge in [0.15, 0.2) is 0 Å². The molecule has 3 heterocycles. The van der Waals surface area contributed by atoms with Crippen LogP contribution in [0.2, 0.25) is 0 Å². The second-order valence-electron chi connectivity index (χ2n) is 8.89. The molecule has 0 saturated carbocycles. The van der Waals surface area contributed by atoms with Gasteiger partial charge in [0, 0.05) is 49.5 Å². The first-order valence-electron chi connectivity index (χ1n) is 11.3. The van der Waals surface area contributed by atoms with E-state index in [0.29, 0.717) is 22.9 Å². The Balaban J connectivity index is 1.79. The van der Waals surface area contributed by atoms with Gasteiger partial charge in [0.1, 0.15) is 11.9 Å². The number of nitrogens with one attached hydrogen (secondary N) is 1. The molecule has 0 bridgehead atoms. The van der Waals surface area contributed by atoms with E-state index < -0.39 is 5.91 Å². The number of fused-ring (bicyclic) bond motifs is 1. The minimum Gasteiger partial charge on any atom is -0.381 e. The maximum atomic E-state index is 12.7. The van der Waals surface area contributed by atoms with E-state index in [4.69, 9.17) is 15.7 Å². The summed E-state index contributed by atoms with van der Waals surface area (Å²) in [4.78, 5) is 30.9. The molecule has 33 heavy (non-hydrogen) atoms. The third-order valence-corrected chi connectivity index (χ3v) is 6.84. The molecular weight excluding hydrogens is 418 g/mol. The van der Waals surface area contributed by atoms with Crippen LogP contribution in [0.15, 0.2) is 36.5 Å². The van der Waals surface area contributed by atoms with E-state index in [1.807, 2.05) is 4.90 Å². The van der Waals surface area contributed by atoms with Crippen LogP contribution < -0.4 is 16.0 Å². The Kier molecular flexibility index (Phi) is 6.61. The molecule has 1 saturated heterocycles. The highest BCUT2D eigenvalue weighted by Crippen LogP contribution is 2.46. The number of primary amides is 1. The van der Waals surface area contributed by atoms with Crippen LogP contribution in [0, 0.1) is 23.2 Å². The summed E-state index contributed by atoms with van der Waals surface area (Å²) in [6.07, 6.45) is 4.41. The van der Waals surface area contributed by atoms with Crippen LogP contribution in [0.4, 0.5) is 11.5 Å². The second-order valence-corrected chi connectivity index (χ2v) is 8.89. The standard InChI is InChI=1S/C25H29N5O3/c1-15-20(11-17-7-9-33-10-8-17)24(29-23-6-3-18(13-26)14-28-23)21-12-19(25(27)32)4-5-22(21)30(15)16(2)31/h3-6,12,14-15,17,20,24H,7-11H2,1-2H3,(H2,27,32)(H,28,29)/t15-,20-,24+/m0/s1. The lowest BCUT2D eigenvalue weighted by Crippen LogP contribution is -2.50. The van der Waals surface area contributed by atoms with Crippen molar-refractivity contribution in [3.63, 3.8) is 0 Å². The van der Waals surface area contributed by atoms with Crippen molar-refractivity contribution in [1.82, 2.24) is 4.98 Å². The molecule has 3 N–H and O–H groups in total. The van der Waals surface area contributed by atoms with E-state index in [1.165, 1.54) is 6.20 Å². The topological polar surface area (TPSA) is 121 Å². The molecule has 172 valence electrons. The highest BCUT2D eigenvalue weighted by molar-refractivity contribution is 5.97. The minimum atomic E-state index is -0.512. The van der Waals surface area contributed by atoms with Crippen LogP contribution in [0.1, 0.15) is 60.6 Å². The predicted octanol–water partition coefficient (Wildman–Crippen LogP) is 3.39. The number of nitrogens with two attached hydrogens (primary N) is 1.